The standard InChI is InChI=1S/C22H30N2O2S2/c1-6-24(7-2)21(26)18-15-11-10-14(22(3,4)5)13-17(15)28-20(18)23-19(25)16-9-8-12-27-16/h8-9,12,14H,6-7,10-11,13H2,1-5H3,(H,23,25). The Bertz CT molecular complexity index is 843. The van der Waals surface area contributed by atoms with Gasteiger partial charge in [0.1, 0.15) is 5.00 Å². The fourth-order valence-corrected chi connectivity index (χ4v) is 5.81. The van der Waals surface area contributed by atoms with Crippen molar-refractivity contribution in [1.82, 2.24) is 4.90 Å². The molecule has 0 spiro atoms. The molecule has 1 atom stereocenters. The maximum atomic E-state index is 13.3. The van der Waals surface area contributed by atoms with Crippen LogP contribution in [0.25, 0.3) is 0 Å². The number of carbonyl (C=O) groups is 2. The van der Waals surface area contributed by atoms with Gasteiger partial charge < -0.3 is 10.2 Å². The van der Waals surface area contributed by atoms with Gasteiger partial charge in [0, 0.05) is 18.0 Å². The number of amides is 2. The van der Waals surface area contributed by atoms with Gasteiger partial charge in [-0.25, -0.2) is 0 Å². The zero-order chi connectivity index (χ0) is 20.5. The van der Waals surface area contributed by atoms with E-state index in [-0.39, 0.29) is 17.2 Å². The molecule has 2 amide bonds. The largest absolute Gasteiger partial charge is 0.339 e. The first-order valence-corrected chi connectivity index (χ1v) is 11.7. The van der Waals surface area contributed by atoms with Crippen LogP contribution in [0.5, 0.6) is 0 Å². The van der Waals surface area contributed by atoms with Crippen LogP contribution in [0.2, 0.25) is 0 Å². The van der Waals surface area contributed by atoms with E-state index in [1.54, 1.807) is 11.3 Å². The molecular formula is C22H30N2O2S2. The fraction of sp³-hybridized carbons (Fsp3) is 0.545. The van der Waals surface area contributed by atoms with Crippen molar-refractivity contribution in [1.29, 1.82) is 0 Å². The number of thiophene rings is 2. The summed E-state index contributed by atoms with van der Waals surface area (Å²) in [5, 5.41) is 5.66. The molecule has 0 bridgehead atoms. The van der Waals surface area contributed by atoms with Gasteiger partial charge in [0.25, 0.3) is 11.8 Å². The van der Waals surface area contributed by atoms with Gasteiger partial charge in [0.2, 0.25) is 0 Å². The van der Waals surface area contributed by atoms with E-state index in [9.17, 15) is 9.59 Å². The summed E-state index contributed by atoms with van der Waals surface area (Å²) in [5.41, 5.74) is 2.12. The van der Waals surface area contributed by atoms with Crippen molar-refractivity contribution < 1.29 is 9.59 Å². The number of carbonyl (C=O) groups excluding carboxylic acids is 2. The van der Waals surface area contributed by atoms with E-state index in [2.05, 4.69) is 26.1 Å². The first kappa shape index (κ1) is 21.1. The summed E-state index contributed by atoms with van der Waals surface area (Å²) in [6.45, 7) is 12.2. The van der Waals surface area contributed by atoms with Crippen LogP contribution in [0.1, 0.15) is 71.5 Å². The minimum Gasteiger partial charge on any atom is -0.339 e. The molecule has 1 aliphatic carbocycles. The quantitative estimate of drug-likeness (QED) is 0.677. The first-order chi connectivity index (χ1) is 13.3. The third-order valence-corrected chi connectivity index (χ3v) is 7.76. The van der Waals surface area contributed by atoms with Gasteiger partial charge in [0.15, 0.2) is 0 Å². The predicted octanol–water partition coefficient (Wildman–Crippen LogP) is 5.69. The van der Waals surface area contributed by atoms with E-state index in [0.29, 0.717) is 23.9 Å². The monoisotopic (exact) mass is 418 g/mol. The zero-order valence-electron chi connectivity index (χ0n) is 17.4. The van der Waals surface area contributed by atoms with Crippen LogP contribution in [-0.2, 0) is 12.8 Å². The summed E-state index contributed by atoms with van der Waals surface area (Å²) in [5.74, 6) is 0.503. The summed E-state index contributed by atoms with van der Waals surface area (Å²) < 4.78 is 0. The van der Waals surface area contributed by atoms with Gasteiger partial charge in [-0.15, -0.1) is 22.7 Å². The van der Waals surface area contributed by atoms with Crippen LogP contribution in [-0.4, -0.2) is 29.8 Å². The second-order valence-electron chi connectivity index (χ2n) is 8.42. The zero-order valence-corrected chi connectivity index (χ0v) is 19.1. The highest BCUT2D eigenvalue weighted by Gasteiger charge is 2.35. The summed E-state index contributed by atoms with van der Waals surface area (Å²) >= 11 is 3.02. The van der Waals surface area contributed by atoms with E-state index < -0.39 is 0 Å². The van der Waals surface area contributed by atoms with Gasteiger partial charge in [-0.2, -0.15) is 0 Å². The number of rotatable bonds is 5. The molecule has 0 saturated heterocycles. The van der Waals surface area contributed by atoms with Gasteiger partial charge >= 0.3 is 0 Å². The second kappa shape index (κ2) is 8.37. The molecule has 6 heteroatoms. The molecule has 2 heterocycles. The van der Waals surface area contributed by atoms with Gasteiger partial charge in [0.05, 0.1) is 10.4 Å². The molecule has 0 radical (unpaired) electrons. The molecular weight excluding hydrogens is 388 g/mol. The van der Waals surface area contributed by atoms with Crippen molar-refractivity contribution in [2.45, 2.75) is 53.9 Å². The van der Waals surface area contributed by atoms with Gasteiger partial charge in [-0.05, 0) is 61.5 Å². The highest BCUT2D eigenvalue weighted by Crippen LogP contribution is 2.44. The number of anilines is 1. The van der Waals surface area contributed by atoms with E-state index in [4.69, 9.17) is 0 Å². The Kier molecular flexibility index (Phi) is 6.30. The third-order valence-electron chi connectivity index (χ3n) is 5.73. The molecule has 0 aliphatic heterocycles. The molecule has 2 aromatic heterocycles. The first-order valence-electron chi connectivity index (χ1n) is 10.0. The van der Waals surface area contributed by atoms with Crippen molar-refractivity contribution in [2.75, 3.05) is 18.4 Å². The number of hydrogen-bond donors (Lipinski definition) is 1. The summed E-state index contributed by atoms with van der Waals surface area (Å²) in [6.07, 6.45) is 2.98. The number of nitrogens with zero attached hydrogens (tertiary/aromatic N) is 1. The minimum atomic E-state index is -0.130. The molecule has 1 N–H and O–H groups in total. The predicted molar refractivity (Wildman–Crippen MR) is 119 cm³/mol. The Hall–Kier alpha value is -1.66. The van der Waals surface area contributed by atoms with Crippen LogP contribution >= 0.6 is 22.7 Å². The van der Waals surface area contributed by atoms with Crippen molar-refractivity contribution in [3.8, 4) is 0 Å². The van der Waals surface area contributed by atoms with Gasteiger partial charge in [-0.3, -0.25) is 9.59 Å². The Morgan fingerprint density at radius 1 is 1.25 bits per heavy atom. The minimum absolute atomic E-state index is 0.0400. The topological polar surface area (TPSA) is 49.4 Å². The van der Waals surface area contributed by atoms with Gasteiger partial charge in [-0.1, -0.05) is 26.8 Å². The van der Waals surface area contributed by atoms with E-state index in [1.165, 1.54) is 16.2 Å². The number of fused-ring (bicyclic) bond motifs is 1. The second-order valence-corrected chi connectivity index (χ2v) is 10.5. The Labute approximate surface area is 176 Å². The SMILES string of the molecule is CCN(CC)C(=O)c1c(NC(=O)c2cccs2)sc2c1CCC(C(C)(C)C)C2. The number of nitrogens with one attached hydrogen (secondary N) is 1. The Morgan fingerprint density at radius 3 is 2.54 bits per heavy atom. The lowest BCUT2D eigenvalue weighted by Crippen LogP contribution is -2.32. The lowest BCUT2D eigenvalue weighted by atomic mass is 9.72. The molecule has 0 aromatic carbocycles. The summed E-state index contributed by atoms with van der Waals surface area (Å²) in [4.78, 5) is 29.7. The summed E-state index contributed by atoms with van der Waals surface area (Å²) in [6, 6.07) is 3.68. The van der Waals surface area contributed by atoms with Crippen LogP contribution in [0.15, 0.2) is 17.5 Å². The average molecular weight is 419 g/mol. The molecule has 1 unspecified atom stereocenters. The van der Waals surface area contributed by atoms with E-state index in [1.807, 2.05) is 36.3 Å². The van der Waals surface area contributed by atoms with Crippen molar-refractivity contribution >= 4 is 39.5 Å². The number of hydrogen-bond acceptors (Lipinski definition) is 4. The maximum absolute atomic E-state index is 13.3. The van der Waals surface area contributed by atoms with Crippen LogP contribution in [0.4, 0.5) is 5.00 Å². The summed E-state index contributed by atoms with van der Waals surface area (Å²) in [7, 11) is 0. The smallest absolute Gasteiger partial charge is 0.266 e. The van der Waals surface area contributed by atoms with Crippen LogP contribution in [0.3, 0.4) is 0 Å². The third kappa shape index (κ3) is 4.18. The highest BCUT2D eigenvalue weighted by molar-refractivity contribution is 7.17. The van der Waals surface area contributed by atoms with Crippen LogP contribution < -0.4 is 5.32 Å². The lowest BCUT2D eigenvalue weighted by molar-refractivity contribution is 0.0772. The van der Waals surface area contributed by atoms with Crippen molar-refractivity contribution in [3.63, 3.8) is 0 Å². The molecule has 0 fully saturated rings. The van der Waals surface area contributed by atoms with Crippen molar-refractivity contribution in [2.24, 2.45) is 11.3 Å². The molecule has 4 nitrogen and oxygen atoms in total. The molecule has 28 heavy (non-hydrogen) atoms. The maximum Gasteiger partial charge on any atom is 0.266 e. The Morgan fingerprint density at radius 2 is 1.96 bits per heavy atom. The average Bonchev–Trinajstić information content (AvgIpc) is 3.29. The molecule has 3 rings (SSSR count). The lowest BCUT2D eigenvalue weighted by Gasteiger charge is -2.34. The van der Waals surface area contributed by atoms with Crippen LogP contribution in [0, 0.1) is 11.3 Å². The normalized spacial score (nSPS) is 16.5. The Balaban J connectivity index is 1.99. The molecule has 0 saturated carbocycles. The highest BCUT2D eigenvalue weighted by atomic mass is 32.1. The van der Waals surface area contributed by atoms with E-state index >= 15 is 0 Å². The molecule has 152 valence electrons. The molecule has 2 aromatic rings. The fourth-order valence-electron chi connectivity index (χ4n) is 3.88. The van der Waals surface area contributed by atoms with E-state index in [0.717, 1.165) is 35.4 Å². The molecule has 1 aliphatic rings. The van der Waals surface area contributed by atoms with Crippen molar-refractivity contribution in [3.05, 3.63) is 38.4 Å².